The van der Waals surface area contributed by atoms with Crippen LogP contribution in [0.3, 0.4) is 0 Å². The number of methoxy groups -OCH3 is 2. The van der Waals surface area contributed by atoms with Crippen molar-refractivity contribution < 1.29 is 24.0 Å². The number of nitrogens with one attached hydrogen (secondary N) is 1. The first kappa shape index (κ1) is 20.1. The van der Waals surface area contributed by atoms with Gasteiger partial charge in [0.25, 0.3) is 5.69 Å². The Kier molecular flexibility index (Phi) is 5.67. The van der Waals surface area contributed by atoms with Gasteiger partial charge in [0.05, 0.1) is 25.1 Å². The van der Waals surface area contributed by atoms with Crippen molar-refractivity contribution in [2.24, 2.45) is 5.92 Å². The molecule has 1 heterocycles. The molecule has 0 saturated carbocycles. The first-order valence-electron chi connectivity index (χ1n) is 8.92. The average molecular weight is 399 g/mol. The number of aryl methyl sites for hydroxylation is 1. The third kappa shape index (κ3) is 4.13. The lowest BCUT2D eigenvalue weighted by molar-refractivity contribution is -0.385. The molecule has 9 nitrogen and oxygen atoms in total. The molecule has 0 spiro atoms. The maximum atomic E-state index is 12.6. The van der Waals surface area contributed by atoms with Crippen molar-refractivity contribution in [1.82, 2.24) is 0 Å². The fourth-order valence-electron chi connectivity index (χ4n) is 3.25. The van der Waals surface area contributed by atoms with Crippen LogP contribution in [0.5, 0.6) is 11.5 Å². The zero-order valence-corrected chi connectivity index (χ0v) is 16.3. The lowest BCUT2D eigenvalue weighted by atomic mass is 10.1. The van der Waals surface area contributed by atoms with Gasteiger partial charge in [-0.15, -0.1) is 0 Å². The summed E-state index contributed by atoms with van der Waals surface area (Å²) in [7, 11) is 3.03. The minimum Gasteiger partial charge on any atom is -0.493 e. The smallest absolute Gasteiger partial charge is 0.274 e. The summed E-state index contributed by atoms with van der Waals surface area (Å²) in [5.74, 6) is -0.0986. The molecule has 3 rings (SSSR count). The van der Waals surface area contributed by atoms with Crippen molar-refractivity contribution in [2.75, 3.05) is 31.0 Å². The minimum absolute atomic E-state index is 0.0497. The van der Waals surface area contributed by atoms with E-state index in [2.05, 4.69) is 5.32 Å². The van der Waals surface area contributed by atoms with Gasteiger partial charge < -0.3 is 19.7 Å². The Labute approximate surface area is 167 Å². The van der Waals surface area contributed by atoms with Gasteiger partial charge >= 0.3 is 0 Å². The molecular weight excluding hydrogens is 378 g/mol. The van der Waals surface area contributed by atoms with Crippen molar-refractivity contribution in [3.63, 3.8) is 0 Å². The van der Waals surface area contributed by atoms with E-state index in [0.717, 1.165) is 0 Å². The summed E-state index contributed by atoms with van der Waals surface area (Å²) in [5.41, 5.74) is 1.36. The summed E-state index contributed by atoms with van der Waals surface area (Å²) < 4.78 is 10.5. The topological polar surface area (TPSA) is 111 Å². The number of nitrogens with zero attached hydrogens (tertiary/aromatic N) is 2. The van der Waals surface area contributed by atoms with Gasteiger partial charge in [-0.1, -0.05) is 6.07 Å². The summed E-state index contributed by atoms with van der Waals surface area (Å²) >= 11 is 0. The Morgan fingerprint density at radius 2 is 1.90 bits per heavy atom. The molecule has 1 aliphatic rings. The van der Waals surface area contributed by atoms with Gasteiger partial charge in [0.15, 0.2) is 11.5 Å². The van der Waals surface area contributed by atoms with Crippen LogP contribution in [0.25, 0.3) is 0 Å². The summed E-state index contributed by atoms with van der Waals surface area (Å²) in [6, 6.07) is 9.59. The van der Waals surface area contributed by atoms with Crippen molar-refractivity contribution in [3.05, 3.63) is 52.1 Å². The van der Waals surface area contributed by atoms with E-state index in [1.165, 1.54) is 25.2 Å². The van der Waals surface area contributed by atoms with Crippen LogP contribution in [-0.2, 0) is 9.59 Å². The normalized spacial score (nSPS) is 15.9. The predicted octanol–water partition coefficient (Wildman–Crippen LogP) is 2.91. The molecule has 29 heavy (non-hydrogen) atoms. The molecule has 0 radical (unpaired) electrons. The Morgan fingerprint density at radius 3 is 2.55 bits per heavy atom. The van der Waals surface area contributed by atoms with Crippen LogP contribution in [0.2, 0.25) is 0 Å². The molecule has 0 aromatic heterocycles. The first-order valence-corrected chi connectivity index (χ1v) is 8.92. The Hall–Kier alpha value is -3.62. The van der Waals surface area contributed by atoms with Crippen LogP contribution in [0, 0.1) is 23.0 Å². The summed E-state index contributed by atoms with van der Waals surface area (Å²) in [5, 5.41) is 13.8. The molecule has 1 atom stereocenters. The van der Waals surface area contributed by atoms with Gasteiger partial charge in [0.2, 0.25) is 11.8 Å². The lowest BCUT2D eigenvalue weighted by Crippen LogP contribution is -2.28. The van der Waals surface area contributed by atoms with Gasteiger partial charge in [-0.2, -0.15) is 0 Å². The Morgan fingerprint density at radius 1 is 1.17 bits per heavy atom. The molecule has 2 amide bonds. The van der Waals surface area contributed by atoms with Gasteiger partial charge in [-0.3, -0.25) is 19.7 Å². The molecular formula is C20H21N3O6. The molecule has 9 heteroatoms. The zero-order valence-electron chi connectivity index (χ0n) is 16.3. The third-order valence-corrected chi connectivity index (χ3v) is 4.85. The second-order valence-corrected chi connectivity index (χ2v) is 6.69. The Bertz CT molecular complexity index is 975. The van der Waals surface area contributed by atoms with E-state index in [-0.39, 0.29) is 30.5 Å². The Balaban J connectivity index is 1.74. The van der Waals surface area contributed by atoms with Crippen molar-refractivity contribution in [1.29, 1.82) is 0 Å². The molecule has 1 saturated heterocycles. The van der Waals surface area contributed by atoms with Gasteiger partial charge in [0, 0.05) is 42.0 Å². The van der Waals surface area contributed by atoms with Crippen LogP contribution >= 0.6 is 0 Å². The van der Waals surface area contributed by atoms with E-state index in [0.29, 0.717) is 28.4 Å². The number of amides is 2. The molecule has 2 aromatic carbocycles. The standard InChI is InChI=1S/C20H21N3O6/c1-12-4-5-14(9-16(12)23(26)27)21-20(25)13-8-19(24)22(11-13)15-6-7-17(28-2)18(10-15)29-3/h4-7,9-10,13H,8,11H2,1-3H3,(H,21,25)/t13-/m1/s1. The number of nitro benzene ring substituents is 1. The van der Waals surface area contributed by atoms with E-state index >= 15 is 0 Å². The summed E-state index contributed by atoms with van der Waals surface area (Å²) in [6.07, 6.45) is 0.0497. The highest BCUT2D eigenvalue weighted by atomic mass is 16.6. The maximum Gasteiger partial charge on any atom is 0.274 e. The van der Waals surface area contributed by atoms with Gasteiger partial charge in [-0.05, 0) is 25.1 Å². The number of rotatable bonds is 6. The molecule has 1 fully saturated rings. The number of carbonyl (C=O) groups is 2. The number of hydrogen-bond acceptors (Lipinski definition) is 6. The van der Waals surface area contributed by atoms with Crippen molar-refractivity contribution >= 4 is 28.9 Å². The molecule has 152 valence electrons. The van der Waals surface area contributed by atoms with E-state index in [9.17, 15) is 19.7 Å². The summed E-state index contributed by atoms with van der Waals surface area (Å²) in [4.78, 5) is 37.2. The van der Waals surface area contributed by atoms with Crippen LogP contribution in [0.4, 0.5) is 17.1 Å². The number of hydrogen-bond donors (Lipinski definition) is 1. The van der Waals surface area contributed by atoms with Crippen LogP contribution in [0.15, 0.2) is 36.4 Å². The predicted molar refractivity (Wildman–Crippen MR) is 106 cm³/mol. The van der Waals surface area contributed by atoms with E-state index < -0.39 is 10.8 Å². The highest BCUT2D eigenvalue weighted by molar-refractivity contribution is 6.03. The SMILES string of the molecule is COc1ccc(N2C[C@H](C(=O)Nc3ccc(C)c([N+](=O)[O-])c3)CC2=O)cc1OC. The van der Waals surface area contributed by atoms with Crippen LogP contribution in [-0.4, -0.2) is 37.5 Å². The quantitative estimate of drug-likeness (QED) is 0.591. The number of benzene rings is 2. The lowest BCUT2D eigenvalue weighted by Gasteiger charge is -2.18. The third-order valence-electron chi connectivity index (χ3n) is 4.85. The molecule has 1 N–H and O–H groups in total. The minimum atomic E-state index is -0.573. The number of ether oxygens (including phenoxy) is 2. The van der Waals surface area contributed by atoms with Crippen LogP contribution in [0.1, 0.15) is 12.0 Å². The zero-order chi connectivity index (χ0) is 21.1. The maximum absolute atomic E-state index is 12.6. The van der Waals surface area contributed by atoms with E-state index in [4.69, 9.17) is 9.47 Å². The van der Waals surface area contributed by atoms with Crippen molar-refractivity contribution in [3.8, 4) is 11.5 Å². The number of carbonyl (C=O) groups excluding carboxylic acids is 2. The van der Waals surface area contributed by atoms with Crippen molar-refractivity contribution in [2.45, 2.75) is 13.3 Å². The van der Waals surface area contributed by atoms with E-state index in [1.54, 1.807) is 37.3 Å². The van der Waals surface area contributed by atoms with Gasteiger partial charge in [0.1, 0.15) is 0 Å². The monoisotopic (exact) mass is 399 g/mol. The average Bonchev–Trinajstić information content (AvgIpc) is 3.10. The fourth-order valence-corrected chi connectivity index (χ4v) is 3.25. The largest absolute Gasteiger partial charge is 0.493 e. The first-order chi connectivity index (χ1) is 13.8. The highest BCUT2D eigenvalue weighted by Crippen LogP contribution is 2.34. The molecule has 0 bridgehead atoms. The molecule has 0 unspecified atom stereocenters. The second-order valence-electron chi connectivity index (χ2n) is 6.69. The number of nitro groups is 1. The molecule has 0 aliphatic carbocycles. The molecule has 1 aliphatic heterocycles. The van der Waals surface area contributed by atoms with Crippen LogP contribution < -0.4 is 19.7 Å². The van der Waals surface area contributed by atoms with Gasteiger partial charge in [-0.25, -0.2) is 0 Å². The summed E-state index contributed by atoms with van der Waals surface area (Å²) in [6.45, 7) is 1.83. The second kappa shape index (κ2) is 8.17. The van der Waals surface area contributed by atoms with E-state index in [1.807, 2.05) is 0 Å². The molecule has 2 aromatic rings. The highest BCUT2D eigenvalue weighted by Gasteiger charge is 2.35. The fraction of sp³-hybridized carbons (Fsp3) is 0.300. The number of anilines is 2.